The highest BCUT2D eigenvalue weighted by atomic mass is 35.5. The Bertz CT molecular complexity index is 762. The lowest BCUT2D eigenvalue weighted by Crippen LogP contribution is -2.22. The summed E-state index contributed by atoms with van der Waals surface area (Å²) < 4.78 is 15.6. The largest absolute Gasteiger partial charge is 0.489 e. The van der Waals surface area contributed by atoms with E-state index in [0.29, 0.717) is 15.8 Å². The van der Waals surface area contributed by atoms with Crippen molar-refractivity contribution >= 4 is 35.1 Å². The Hall–Kier alpha value is -2.44. The average Bonchev–Trinajstić information content (AvgIpc) is 2.62. The first kappa shape index (κ1) is 18.9. The molecule has 0 aliphatic carbocycles. The molecular weight excluding hydrogens is 369 g/mol. The van der Waals surface area contributed by atoms with Gasteiger partial charge in [0.2, 0.25) is 0 Å². The quantitative estimate of drug-likeness (QED) is 0.336. The van der Waals surface area contributed by atoms with Crippen LogP contribution in [0.1, 0.15) is 5.56 Å². The van der Waals surface area contributed by atoms with Crippen LogP contribution in [-0.4, -0.2) is 26.1 Å². The van der Waals surface area contributed by atoms with Crippen LogP contribution in [0, 0.1) is 0 Å². The van der Waals surface area contributed by atoms with Crippen LogP contribution in [0.25, 0.3) is 0 Å². The summed E-state index contributed by atoms with van der Waals surface area (Å²) in [6.45, 7) is 0.268. The van der Waals surface area contributed by atoms with E-state index in [1.165, 1.54) is 14.2 Å². The molecular formula is C17H15Cl2NO5. The van der Waals surface area contributed by atoms with E-state index in [0.717, 1.165) is 5.56 Å². The van der Waals surface area contributed by atoms with Gasteiger partial charge in [0.05, 0.1) is 12.1 Å². The Morgan fingerprint density at radius 3 is 2.44 bits per heavy atom. The summed E-state index contributed by atoms with van der Waals surface area (Å²) in [5.41, 5.74) is 0.774. The summed E-state index contributed by atoms with van der Waals surface area (Å²) in [7, 11) is 2.49. The highest BCUT2D eigenvalue weighted by molar-refractivity contribution is 6.35. The van der Waals surface area contributed by atoms with Gasteiger partial charge in [-0.25, -0.2) is 4.79 Å². The van der Waals surface area contributed by atoms with Gasteiger partial charge in [-0.3, -0.25) is 0 Å². The number of nitrogens with zero attached hydrogens (tertiary/aromatic N) is 1. The van der Waals surface area contributed by atoms with Crippen LogP contribution in [0.3, 0.4) is 0 Å². The number of rotatable bonds is 5. The van der Waals surface area contributed by atoms with Gasteiger partial charge in [-0.1, -0.05) is 29.3 Å². The number of ether oxygens (including phenoxy) is 3. The van der Waals surface area contributed by atoms with Crippen molar-refractivity contribution in [3.05, 3.63) is 58.1 Å². The van der Waals surface area contributed by atoms with Gasteiger partial charge in [-0.2, -0.15) is 0 Å². The predicted octanol–water partition coefficient (Wildman–Crippen LogP) is 4.08. The molecule has 8 heteroatoms. The number of carbonyl (C=O) groups excluding carboxylic acids is 1. The van der Waals surface area contributed by atoms with E-state index >= 15 is 0 Å². The zero-order chi connectivity index (χ0) is 18.2. The molecule has 6 nitrogen and oxygen atoms in total. The maximum absolute atomic E-state index is 11.6. The molecule has 2 aromatic rings. The molecule has 0 aliphatic heterocycles. The molecule has 2 aromatic carbocycles. The Labute approximate surface area is 154 Å². The fourth-order valence-electron chi connectivity index (χ4n) is 1.79. The van der Waals surface area contributed by atoms with Crippen molar-refractivity contribution in [3.8, 4) is 11.5 Å². The van der Waals surface area contributed by atoms with Crippen molar-refractivity contribution in [2.24, 2.45) is 5.16 Å². The molecule has 0 unspecified atom stereocenters. The summed E-state index contributed by atoms with van der Waals surface area (Å²) in [4.78, 5) is 16.2. The molecule has 2 rings (SSSR count). The van der Waals surface area contributed by atoms with Gasteiger partial charge in [0.25, 0.3) is 0 Å². The van der Waals surface area contributed by atoms with E-state index in [1.807, 2.05) is 0 Å². The second-order valence-corrected chi connectivity index (χ2v) is 5.52. The number of halogens is 2. The third kappa shape index (κ3) is 5.55. The zero-order valence-electron chi connectivity index (χ0n) is 13.5. The Morgan fingerprint density at radius 2 is 1.80 bits per heavy atom. The van der Waals surface area contributed by atoms with E-state index in [2.05, 4.69) is 14.7 Å². The van der Waals surface area contributed by atoms with Crippen molar-refractivity contribution in [3.63, 3.8) is 0 Å². The zero-order valence-corrected chi connectivity index (χ0v) is 15.0. The minimum Gasteiger partial charge on any atom is -0.489 e. The molecule has 25 heavy (non-hydrogen) atoms. The van der Waals surface area contributed by atoms with Crippen molar-refractivity contribution in [2.75, 3.05) is 14.2 Å². The predicted molar refractivity (Wildman–Crippen MR) is 94.3 cm³/mol. The molecule has 0 atom stereocenters. The maximum Gasteiger partial charge on any atom is 0.397 e. The molecule has 0 heterocycles. The van der Waals surface area contributed by atoms with E-state index < -0.39 is 5.97 Å². The molecule has 0 fully saturated rings. The van der Waals surface area contributed by atoms with Crippen LogP contribution in [0.4, 0.5) is 0 Å². The molecule has 132 valence electrons. The van der Waals surface area contributed by atoms with Gasteiger partial charge in [-0.15, -0.1) is 0 Å². The highest BCUT2D eigenvalue weighted by Gasteiger charge is 2.18. The van der Waals surface area contributed by atoms with Gasteiger partial charge < -0.3 is 19.0 Å². The van der Waals surface area contributed by atoms with Crippen LogP contribution in [0.2, 0.25) is 10.0 Å². The van der Waals surface area contributed by atoms with Gasteiger partial charge >= 0.3 is 11.9 Å². The summed E-state index contributed by atoms with van der Waals surface area (Å²) >= 11 is 11.9. The Morgan fingerprint density at radius 1 is 1.08 bits per heavy atom. The molecule has 0 radical (unpaired) electrons. The molecule has 0 saturated carbocycles. The maximum atomic E-state index is 11.6. The van der Waals surface area contributed by atoms with Crippen LogP contribution < -0.4 is 9.47 Å². The van der Waals surface area contributed by atoms with Crippen LogP contribution in [-0.2, 0) is 21.0 Å². The molecule has 0 spiro atoms. The molecule has 0 aliphatic rings. The lowest BCUT2D eigenvalue weighted by atomic mass is 10.2. The number of hydrogen-bond acceptors (Lipinski definition) is 6. The second kappa shape index (κ2) is 9.15. The summed E-state index contributed by atoms with van der Waals surface area (Å²) in [5.74, 6) is -0.276. The highest BCUT2D eigenvalue weighted by Crippen LogP contribution is 2.27. The minimum atomic E-state index is -0.791. The number of esters is 1. The van der Waals surface area contributed by atoms with Crippen molar-refractivity contribution in [1.29, 1.82) is 0 Å². The van der Waals surface area contributed by atoms with Crippen molar-refractivity contribution in [2.45, 2.75) is 6.61 Å². The van der Waals surface area contributed by atoms with E-state index in [-0.39, 0.29) is 18.3 Å². The van der Waals surface area contributed by atoms with Crippen molar-refractivity contribution < 1.29 is 23.8 Å². The smallest absolute Gasteiger partial charge is 0.397 e. The van der Waals surface area contributed by atoms with Crippen molar-refractivity contribution in [1.82, 2.24) is 0 Å². The fraction of sp³-hybridized carbons (Fsp3) is 0.176. The van der Waals surface area contributed by atoms with Gasteiger partial charge in [-0.05, 0) is 47.1 Å². The number of benzene rings is 2. The summed E-state index contributed by atoms with van der Waals surface area (Å²) in [5, 5.41) is 4.40. The lowest BCUT2D eigenvalue weighted by molar-refractivity contribution is -0.134. The second-order valence-electron chi connectivity index (χ2n) is 4.68. The first-order valence-electron chi connectivity index (χ1n) is 7.07. The van der Waals surface area contributed by atoms with Crippen LogP contribution in [0.5, 0.6) is 11.5 Å². The average molecular weight is 384 g/mol. The van der Waals surface area contributed by atoms with Crippen LogP contribution in [0.15, 0.2) is 47.6 Å². The third-order valence-corrected chi connectivity index (χ3v) is 3.52. The van der Waals surface area contributed by atoms with Gasteiger partial charge in [0.1, 0.15) is 25.2 Å². The number of carbonyl (C=O) groups is 1. The SMILES string of the molecule is CO/N=C(/Oc1cc(COc2ccc(Cl)cc2)ccc1Cl)C(=O)OC. The molecule has 0 aromatic heterocycles. The lowest BCUT2D eigenvalue weighted by Gasteiger charge is -2.11. The third-order valence-electron chi connectivity index (χ3n) is 2.96. The molecule has 0 N–H and O–H groups in total. The minimum absolute atomic E-state index is 0.222. The van der Waals surface area contributed by atoms with E-state index in [1.54, 1.807) is 42.5 Å². The first-order valence-corrected chi connectivity index (χ1v) is 7.83. The molecule has 0 saturated heterocycles. The van der Waals surface area contributed by atoms with Gasteiger partial charge in [0.15, 0.2) is 0 Å². The normalized spacial score (nSPS) is 11.0. The monoisotopic (exact) mass is 383 g/mol. The summed E-state index contributed by atoms with van der Waals surface area (Å²) in [6.07, 6.45) is 0. The molecule has 0 amide bonds. The van der Waals surface area contributed by atoms with Gasteiger partial charge in [0, 0.05) is 5.02 Å². The van der Waals surface area contributed by atoms with E-state index in [4.69, 9.17) is 32.7 Å². The number of methoxy groups -OCH3 is 1. The number of hydrogen-bond donors (Lipinski definition) is 0. The number of oxime groups is 1. The summed E-state index contributed by atoms with van der Waals surface area (Å²) in [6, 6.07) is 12.0. The standard InChI is InChI=1S/C17H15Cl2NO5/c1-22-17(21)16(20-23-2)25-15-9-11(3-8-14(15)19)10-24-13-6-4-12(18)5-7-13/h3-9H,10H2,1-2H3/b20-16+. The molecule has 0 bridgehead atoms. The first-order chi connectivity index (χ1) is 12.0. The Kier molecular flexibility index (Phi) is 6.91. The topological polar surface area (TPSA) is 66.3 Å². The van der Waals surface area contributed by atoms with E-state index in [9.17, 15) is 4.79 Å². The van der Waals surface area contributed by atoms with Crippen LogP contribution >= 0.6 is 23.2 Å². The fourth-order valence-corrected chi connectivity index (χ4v) is 2.07. The Balaban J connectivity index is 2.12.